The van der Waals surface area contributed by atoms with Gasteiger partial charge in [-0.05, 0) is 31.5 Å². The number of carbonyl (C=O) groups is 1. The number of aliphatic hydroxyl groups is 1. The van der Waals surface area contributed by atoms with Crippen LogP contribution in [0.15, 0.2) is 22.7 Å². The van der Waals surface area contributed by atoms with Gasteiger partial charge in [0.2, 0.25) is 0 Å². The Morgan fingerprint density at radius 2 is 1.85 bits per heavy atom. The molecule has 3 N–H and O–H groups in total. The second-order valence-corrected chi connectivity index (χ2v) is 6.44. The lowest BCUT2D eigenvalue weighted by atomic mass is 9.95. The summed E-state index contributed by atoms with van der Waals surface area (Å²) >= 11 is 11.8. The zero-order valence-electron chi connectivity index (χ0n) is 13.5. The van der Waals surface area contributed by atoms with Gasteiger partial charge in [-0.3, -0.25) is 0 Å². The molecule has 6 nitrogen and oxygen atoms in total. The number of hydrogen-bond donors (Lipinski definition) is 3. The summed E-state index contributed by atoms with van der Waals surface area (Å²) in [5, 5.41) is 17.7. The number of anilines is 1. The van der Waals surface area contributed by atoms with E-state index in [0.29, 0.717) is 18.4 Å². The Morgan fingerprint density at radius 3 is 2.31 bits per heavy atom. The molecule has 1 aromatic heterocycles. The molecule has 0 radical (unpaired) electrons. The quantitative estimate of drug-likeness (QED) is 0.696. The molecule has 1 atom stereocenters. The Kier molecular flexibility index (Phi) is 5.74. The van der Waals surface area contributed by atoms with Crippen LogP contribution in [0.4, 0.5) is 23.7 Å². The second-order valence-electron chi connectivity index (χ2n) is 5.62. The summed E-state index contributed by atoms with van der Waals surface area (Å²) < 4.78 is 43.6. The molecule has 142 valence electrons. The normalized spacial score (nSPS) is 14.0. The van der Waals surface area contributed by atoms with Crippen LogP contribution in [0.2, 0.25) is 10.0 Å². The van der Waals surface area contributed by atoms with Crippen LogP contribution in [0.1, 0.15) is 23.9 Å². The number of amides is 2. The highest BCUT2D eigenvalue weighted by atomic mass is 35.5. The molecule has 0 saturated heterocycles. The van der Waals surface area contributed by atoms with Gasteiger partial charge in [0, 0.05) is 6.07 Å². The Morgan fingerprint density at radius 1 is 1.27 bits per heavy atom. The van der Waals surface area contributed by atoms with E-state index in [9.17, 15) is 23.1 Å². The molecule has 11 heteroatoms. The molecule has 0 aliphatic heterocycles. The average molecular weight is 412 g/mol. The lowest BCUT2D eigenvalue weighted by Crippen LogP contribution is -2.39. The van der Waals surface area contributed by atoms with Crippen molar-refractivity contribution in [1.82, 2.24) is 10.5 Å². The number of nitrogens with one attached hydrogen (secondary N) is 2. The van der Waals surface area contributed by atoms with E-state index >= 15 is 0 Å². The zero-order valence-corrected chi connectivity index (χ0v) is 15.1. The van der Waals surface area contributed by atoms with Crippen LogP contribution in [0.25, 0.3) is 0 Å². The minimum Gasteiger partial charge on any atom is -0.376 e. The molecule has 0 aliphatic rings. The van der Waals surface area contributed by atoms with E-state index in [-0.39, 0.29) is 22.3 Å². The van der Waals surface area contributed by atoms with Crippen molar-refractivity contribution >= 4 is 34.9 Å². The molecule has 2 rings (SSSR count). The van der Waals surface area contributed by atoms with Gasteiger partial charge in [-0.1, -0.05) is 28.4 Å². The van der Waals surface area contributed by atoms with E-state index in [4.69, 9.17) is 27.7 Å². The molecule has 2 aromatic rings. The van der Waals surface area contributed by atoms with E-state index in [1.807, 2.05) is 0 Å². The van der Waals surface area contributed by atoms with E-state index in [2.05, 4.69) is 15.8 Å². The van der Waals surface area contributed by atoms with Gasteiger partial charge in [-0.15, -0.1) is 0 Å². The third-order valence-corrected chi connectivity index (χ3v) is 4.10. The first-order valence-corrected chi connectivity index (χ1v) is 7.93. The standard InChI is InChI=1S/C15H14Cl2F3N3O3/c1-7-3-9(23-26-7)6-21-13(24)22-12-10(16)4-8(5-11(12)17)14(2,25)15(18,19)20/h3-5,25H,6H2,1-2H3,(H2,21,22,24)/t14-/m1/s1. The number of aromatic nitrogens is 1. The number of hydrogen-bond acceptors (Lipinski definition) is 4. The van der Waals surface area contributed by atoms with Crippen LogP contribution < -0.4 is 10.6 Å². The van der Waals surface area contributed by atoms with Crippen molar-refractivity contribution in [1.29, 1.82) is 0 Å². The molecular formula is C15H14Cl2F3N3O3. The topological polar surface area (TPSA) is 87.4 Å². The van der Waals surface area contributed by atoms with Gasteiger partial charge in [-0.2, -0.15) is 13.2 Å². The fourth-order valence-electron chi connectivity index (χ4n) is 1.97. The molecule has 0 saturated carbocycles. The first-order chi connectivity index (χ1) is 11.9. The van der Waals surface area contributed by atoms with Crippen LogP contribution in [-0.2, 0) is 12.1 Å². The highest BCUT2D eigenvalue weighted by Crippen LogP contribution is 2.42. The van der Waals surface area contributed by atoms with Crippen molar-refractivity contribution in [2.45, 2.75) is 32.2 Å². The molecule has 0 spiro atoms. The summed E-state index contributed by atoms with van der Waals surface area (Å²) in [4.78, 5) is 11.9. The van der Waals surface area contributed by atoms with Gasteiger partial charge in [0.05, 0.1) is 22.3 Å². The number of nitrogens with zero attached hydrogens (tertiary/aromatic N) is 1. The van der Waals surface area contributed by atoms with E-state index in [0.717, 1.165) is 12.1 Å². The Bertz CT molecular complexity index is 799. The molecule has 26 heavy (non-hydrogen) atoms. The first-order valence-electron chi connectivity index (χ1n) is 7.17. The fourth-order valence-corrected chi connectivity index (χ4v) is 2.55. The Balaban J connectivity index is 2.14. The van der Waals surface area contributed by atoms with Gasteiger partial charge in [0.1, 0.15) is 11.5 Å². The van der Waals surface area contributed by atoms with Crippen molar-refractivity contribution in [3.8, 4) is 0 Å². The maximum absolute atomic E-state index is 12.9. The van der Waals surface area contributed by atoms with Crippen molar-refractivity contribution < 1.29 is 27.6 Å². The van der Waals surface area contributed by atoms with Gasteiger partial charge < -0.3 is 20.3 Å². The van der Waals surface area contributed by atoms with Crippen LogP contribution in [0.5, 0.6) is 0 Å². The second kappa shape index (κ2) is 7.34. The van der Waals surface area contributed by atoms with Crippen LogP contribution >= 0.6 is 23.2 Å². The predicted molar refractivity (Wildman–Crippen MR) is 89.2 cm³/mol. The highest BCUT2D eigenvalue weighted by Gasteiger charge is 2.51. The third kappa shape index (κ3) is 4.40. The molecule has 1 aromatic carbocycles. The number of halogens is 5. The SMILES string of the molecule is Cc1cc(CNC(=O)Nc2c(Cl)cc([C@@](C)(O)C(F)(F)F)cc2Cl)no1. The molecule has 1 heterocycles. The maximum Gasteiger partial charge on any atom is 0.421 e. The zero-order chi connectivity index (χ0) is 19.7. The number of benzene rings is 1. The van der Waals surface area contributed by atoms with Gasteiger partial charge in [0.25, 0.3) is 0 Å². The van der Waals surface area contributed by atoms with Crippen molar-refractivity contribution in [3.63, 3.8) is 0 Å². The number of carbonyl (C=O) groups excluding carboxylic acids is 1. The molecule has 0 bridgehead atoms. The summed E-state index contributed by atoms with van der Waals surface area (Å²) in [6, 6.07) is 2.69. The first kappa shape index (κ1) is 20.3. The smallest absolute Gasteiger partial charge is 0.376 e. The van der Waals surface area contributed by atoms with Crippen LogP contribution in [-0.4, -0.2) is 22.5 Å². The highest BCUT2D eigenvalue weighted by molar-refractivity contribution is 6.39. The molecule has 0 fully saturated rings. The van der Waals surface area contributed by atoms with E-state index in [1.54, 1.807) is 13.0 Å². The van der Waals surface area contributed by atoms with Crippen LogP contribution in [0, 0.1) is 6.92 Å². The van der Waals surface area contributed by atoms with Crippen molar-refractivity contribution in [2.75, 3.05) is 5.32 Å². The number of aryl methyl sites for hydroxylation is 1. The van der Waals surface area contributed by atoms with E-state index < -0.39 is 23.4 Å². The lowest BCUT2D eigenvalue weighted by Gasteiger charge is -2.27. The summed E-state index contributed by atoms with van der Waals surface area (Å²) in [5.74, 6) is 0.570. The van der Waals surface area contributed by atoms with Crippen molar-refractivity contribution in [2.24, 2.45) is 0 Å². The largest absolute Gasteiger partial charge is 0.421 e. The van der Waals surface area contributed by atoms with Gasteiger partial charge in [-0.25, -0.2) is 4.79 Å². The maximum atomic E-state index is 12.9. The average Bonchev–Trinajstić information content (AvgIpc) is 2.93. The third-order valence-electron chi connectivity index (χ3n) is 3.50. The Labute approximate surface area is 156 Å². The summed E-state index contributed by atoms with van der Waals surface area (Å²) in [5.41, 5.74) is -3.31. The number of rotatable bonds is 4. The summed E-state index contributed by atoms with van der Waals surface area (Å²) in [6.45, 7) is 2.32. The molecular weight excluding hydrogens is 398 g/mol. The van der Waals surface area contributed by atoms with Gasteiger partial charge in [0.15, 0.2) is 5.60 Å². The van der Waals surface area contributed by atoms with E-state index in [1.165, 1.54) is 0 Å². The Hall–Kier alpha value is -1.97. The number of alkyl halides is 3. The monoisotopic (exact) mass is 411 g/mol. The molecule has 0 aliphatic carbocycles. The number of urea groups is 1. The minimum atomic E-state index is -4.93. The summed E-state index contributed by atoms with van der Waals surface area (Å²) in [7, 11) is 0. The fraction of sp³-hybridized carbons (Fsp3) is 0.333. The predicted octanol–water partition coefficient (Wildman–Crippen LogP) is 4.38. The van der Waals surface area contributed by atoms with Gasteiger partial charge >= 0.3 is 12.2 Å². The molecule has 0 unspecified atom stereocenters. The summed E-state index contributed by atoms with van der Waals surface area (Å²) in [6.07, 6.45) is -4.93. The van der Waals surface area contributed by atoms with Crippen molar-refractivity contribution in [3.05, 3.63) is 45.3 Å². The molecule has 2 amide bonds. The lowest BCUT2D eigenvalue weighted by molar-refractivity contribution is -0.258. The van der Waals surface area contributed by atoms with Crippen LogP contribution in [0.3, 0.4) is 0 Å². The minimum absolute atomic E-state index is 0.0548.